The van der Waals surface area contributed by atoms with Gasteiger partial charge in [0.2, 0.25) is 0 Å². The van der Waals surface area contributed by atoms with Crippen LogP contribution in [0, 0.1) is 0 Å². The zero-order valence-electron chi connectivity index (χ0n) is 7.28. The summed E-state index contributed by atoms with van der Waals surface area (Å²) in [6, 6.07) is 5.31. The molecule has 0 aliphatic heterocycles. The number of primary amides is 1. The maximum atomic E-state index is 10.9. The number of aromatic nitrogens is 1. The average molecular weight is 212 g/mol. The summed E-state index contributed by atoms with van der Waals surface area (Å²) >= 11 is 0. The molecule has 1 aromatic carbocycles. The number of nitrogens with two attached hydrogens (primary N) is 2. The number of nitrogens with one attached hydrogen (secondary N) is 1. The van der Waals surface area contributed by atoms with E-state index < -0.39 is 5.91 Å². The van der Waals surface area contributed by atoms with Crippen molar-refractivity contribution in [3.8, 4) is 0 Å². The van der Waals surface area contributed by atoms with Gasteiger partial charge in [0.1, 0.15) is 0 Å². The maximum Gasteiger partial charge on any atom is 0.250 e. The molecule has 0 unspecified atom stereocenters. The third-order valence-corrected chi connectivity index (χ3v) is 1.97. The van der Waals surface area contributed by atoms with Gasteiger partial charge in [0.05, 0.1) is 5.56 Å². The van der Waals surface area contributed by atoms with E-state index in [4.69, 9.17) is 11.5 Å². The van der Waals surface area contributed by atoms with Crippen molar-refractivity contribution in [3.05, 3.63) is 30.0 Å². The predicted molar refractivity (Wildman–Crippen MR) is 58.5 cm³/mol. The summed E-state index contributed by atoms with van der Waals surface area (Å²) in [6.07, 6.45) is 1.59. The van der Waals surface area contributed by atoms with E-state index >= 15 is 0 Å². The van der Waals surface area contributed by atoms with Gasteiger partial charge >= 0.3 is 0 Å². The monoisotopic (exact) mass is 211 g/mol. The van der Waals surface area contributed by atoms with Crippen molar-refractivity contribution in [1.82, 2.24) is 4.98 Å². The van der Waals surface area contributed by atoms with Crippen molar-refractivity contribution in [2.45, 2.75) is 0 Å². The zero-order chi connectivity index (χ0) is 9.42. The molecule has 14 heavy (non-hydrogen) atoms. The van der Waals surface area contributed by atoms with Crippen LogP contribution in [0.15, 0.2) is 24.4 Å². The summed E-state index contributed by atoms with van der Waals surface area (Å²) in [6.45, 7) is 0. The van der Waals surface area contributed by atoms with E-state index in [0.29, 0.717) is 11.3 Å². The van der Waals surface area contributed by atoms with Gasteiger partial charge in [0.25, 0.3) is 5.91 Å². The zero-order valence-corrected chi connectivity index (χ0v) is 8.10. The number of benzene rings is 1. The van der Waals surface area contributed by atoms with Gasteiger partial charge in [0, 0.05) is 22.8 Å². The standard InChI is InChI=1S/C9H9N3O.ClH/c10-5-1-2-8-6(3-5)7(4-12-8)9(11)13;/h1-4,12H,10H2,(H2,11,13);1H. The predicted octanol–water partition coefficient (Wildman–Crippen LogP) is 1.27. The minimum Gasteiger partial charge on any atom is -0.399 e. The molecule has 1 amide bonds. The molecular formula is C9H10ClN3O. The second-order valence-corrected chi connectivity index (χ2v) is 2.87. The van der Waals surface area contributed by atoms with Crippen molar-refractivity contribution < 1.29 is 4.79 Å². The van der Waals surface area contributed by atoms with E-state index in [-0.39, 0.29) is 12.4 Å². The van der Waals surface area contributed by atoms with E-state index in [9.17, 15) is 4.79 Å². The Morgan fingerprint density at radius 2 is 2.07 bits per heavy atom. The van der Waals surface area contributed by atoms with E-state index in [0.717, 1.165) is 10.9 Å². The van der Waals surface area contributed by atoms with Crippen LogP contribution in [0.25, 0.3) is 10.9 Å². The lowest BCUT2D eigenvalue weighted by atomic mass is 10.1. The lowest BCUT2D eigenvalue weighted by Gasteiger charge is -1.94. The highest BCUT2D eigenvalue weighted by Gasteiger charge is 2.07. The number of rotatable bonds is 1. The van der Waals surface area contributed by atoms with Crippen molar-refractivity contribution in [1.29, 1.82) is 0 Å². The van der Waals surface area contributed by atoms with Gasteiger partial charge in [-0.3, -0.25) is 4.79 Å². The Bertz CT molecular complexity index is 478. The fraction of sp³-hybridized carbons (Fsp3) is 0. The van der Waals surface area contributed by atoms with Gasteiger partial charge in [-0.1, -0.05) is 0 Å². The smallest absolute Gasteiger partial charge is 0.250 e. The Balaban J connectivity index is 0.000000980. The van der Waals surface area contributed by atoms with Crippen molar-refractivity contribution in [3.63, 3.8) is 0 Å². The molecule has 4 nitrogen and oxygen atoms in total. The number of anilines is 1. The van der Waals surface area contributed by atoms with Crippen molar-refractivity contribution in [2.75, 3.05) is 5.73 Å². The van der Waals surface area contributed by atoms with E-state index in [2.05, 4.69) is 4.98 Å². The largest absolute Gasteiger partial charge is 0.399 e. The van der Waals surface area contributed by atoms with E-state index in [1.165, 1.54) is 0 Å². The van der Waals surface area contributed by atoms with Crippen LogP contribution in [0.4, 0.5) is 5.69 Å². The lowest BCUT2D eigenvalue weighted by molar-refractivity contribution is 0.100. The molecule has 5 N–H and O–H groups in total. The first kappa shape index (κ1) is 10.4. The highest BCUT2D eigenvalue weighted by Crippen LogP contribution is 2.20. The Morgan fingerprint density at radius 1 is 1.36 bits per heavy atom. The van der Waals surface area contributed by atoms with Crippen molar-refractivity contribution >= 4 is 34.9 Å². The quantitative estimate of drug-likeness (QED) is 0.621. The second-order valence-electron chi connectivity index (χ2n) is 2.87. The van der Waals surface area contributed by atoms with Crippen LogP contribution in [0.2, 0.25) is 0 Å². The van der Waals surface area contributed by atoms with Gasteiger partial charge in [-0.15, -0.1) is 12.4 Å². The molecule has 0 fully saturated rings. The normalized spacial score (nSPS) is 9.71. The summed E-state index contributed by atoms with van der Waals surface area (Å²) < 4.78 is 0. The Hall–Kier alpha value is -1.68. The molecular weight excluding hydrogens is 202 g/mol. The summed E-state index contributed by atoms with van der Waals surface area (Å²) in [4.78, 5) is 13.9. The summed E-state index contributed by atoms with van der Waals surface area (Å²) in [5.74, 6) is -0.447. The van der Waals surface area contributed by atoms with Gasteiger partial charge in [0.15, 0.2) is 0 Å². The molecule has 1 heterocycles. The second kappa shape index (κ2) is 3.59. The SMILES string of the molecule is Cl.NC(=O)c1c[nH]c2ccc(N)cc12. The number of carbonyl (C=O) groups is 1. The Labute approximate surface area is 86.7 Å². The highest BCUT2D eigenvalue weighted by molar-refractivity contribution is 6.06. The summed E-state index contributed by atoms with van der Waals surface area (Å²) in [5.41, 5.74) is 12.7. The first-order valence-electron chi connectivity index (χ1n) is 3.85. The van der Waals surface area contributed by atoms with Crippen LogP contribution < -0.4 is 11.5 Å². The minimum absolute atomic E-state index is 0. The number of nitrogen functional groups attached to an aromatic ring is 1. The number of aromatic amines is 1. The van der Waals surface area contributed by atoms with Crippen molar-refractivity contribution in [2.24, 2.45) is 5.73 Å². The number of carbonyl (C=O) groups excluding carboxylic acids is 1. The third kappa shape index (κ3) is 1.52. The summed E-state index contributed by atoms with van der Waals surface area (Å²) in [7, 11) is 0. The van der Waals surface area contributed by atoms with Crippen LogP contribution in [-0.4, -0.2) is 10.9 Å². The molecule has 0 atom stereocenters. The van der Waals surface area contributed by atoms with Gasteiger partial charge in [-0.2, -0.15) is 0 Å². The number of hydrogen-bond donors (Lipinski definition) is 3. The maximum absolute atomic E-state index is 10.9. The van der Waals surface area contributed by atoms with Crippen LogP contribution in [0.5, 0.6) is 0 Å². The van der Waals surface area contributed by atoms with E-state index in [1.807, 2.05) is 6.07 Å². The van der Waals surface area contributed by atoms with Gasteiger partial charge in [-0.25, -0.2) is 0 Å². The molecule has 0 aliphatic carbocycles. The van der Waals surface area contributed by atoms with E-state index in [1.54, 1.807) is 18.3 Å². The molecule has 0 bridgehead atoms. The number of fused-ring (bicyclic) bond motifs is 1. The Kier molecular flexibility index (Phi) is 2.67. The molecule has 2 rings (SSSR count). The first-order valence-corrected chi connectivity index (χ1v) is 3.85. The summed E-state index contributed by atoms with van der Waals surface area (Å²) in [5, 5.41) is 0.771. The molecule has 0 radical (unpaired) electrons. The lowest BCUT2D eigenvalue weighted by Crippen LogP contribution is -2.09. The molecule has 0 saturated heterocycles. The Morgan fingerprint density at radius 3 is 2.71 bits per heavy atom. The number of H-pyrrole nitrogens is 1. The average Bonchev–Trinajstić information content (AvgIpc) is 2.46. The van der Waals surface area contributed by atoms with Gasteiger partial charge < -0.3 is 16.5 Å². The molecule has 1 aromatic heterocycles. The minimum atomic E-state index is -0.447. The molecule has 0 spiro atoms. The number of amides is 1. The fourth-order valence-corrected chi connectivity index (χ4v) is 1.34. The molecule has 74 valence electrons. The topological polar surface area (TPSA) is 84.9 Å². The number of hydrogen-bond acceptors (Lipinski definition) is 2. The fourth-order valence-electron chi connectivity index (χ4n) is 1.34. The number of halogens is 1. The molecule has 5 heteroatoms. The molecule has 2 aromatic rings. The van der Waals surface area contributed by atoms with Crippen LogP contribution in [0.3, 0.4) is 0 Å². The van der Waals surface area contributed by atoms with Crippen LogP contribution in [0.1, 0.15) is 10.4 Å². The van der Waals surface area contributed by atoms with Crippen LogP contribution in [-0.2, 0) is 0 Å². The third-order valence-electron chi connectivity index (χ3n) is 1.97. The first-order chi connectivity index (χ1) is 6.18. The van der Waals surface area contributed by atoms with Gasteiger partial charge in [-0.05, 0) is 18.2 Å². The molecule has 0 saturated carbocycles. The molecule has 0 aliphatic rings. The van der Waals surface area contributed by atoms with Crippen LogP contribution >= 0.6 is 12.4 Å². The highest BCUT2D eigenvalue weighted by atomic mass is 35.5.